The van der Waals surface area contributed by atoms with Gasteiger partial charge in [-0.05, 0) is 31.2 Å². The van der Waals surface area contributed by atoms with E-state index in [4.69, 9.17) is 5.11 Å². The smallest absolute Gasteiger partial charge is 0.251 e. The number of anilines is 1. The second-order valence-corrected chi connectivity index (χ2v) is 6.52. The van der Waals surface area contributed by atoms with Gasteiger partial charge >= 0.3 is 0 Å². The van der Waals surface area contributed by atoms with E-state index >= 15 is 0 Å². The first-order chi connectivity index (χ1) is 11.0. The number of nitrogens with zero attached hydrogens (tertiary/aromatic N) is 2. The standard InChI is InChI=1S/C17H23N3O2S/c1-12(17-19-13(2)11-23-17)10-18-16(22)14-4-6-15(7-5-14)20(3)8-9-21/h4-7,11-12,21H,8-10H2,1-3H3,(H,18,22)/t12-/m0/s1. The SMILES string of the molecule is Cc1csc([C@@H](C)CNC(=O)c2ccc(N(C)CCO)cc2)n1. The van der Waals surface area contributed by atoms with Crippen LogP contribution in [-0.4, -0.2) is 42.7 Å². The number of nitrogens with one attached hydrogen (secondary N) is 1. The third kappa shape index (κ3) is 4.77. The topological polar surface area (TPSA) is 65.5 Å². The highest BCUT2D eigenvalue weighted by atomic mass is 32.1. The highest BCUT2D eigenvalue weighted by molar-refractivity contribution is 7.09. The number of aryl methyl sites for hydroxylation is 1. The Morgan fingerprint density at radius 3 is 2.65 bits per heavy atom. The van der Waals surface area contributed by atoms with E-state index in [2.05, 4.69) is 17.2 Å². The number of aliphatic hydroxyl groups excluding tert-OH is 1. The molecule has 0 radical (unpaired) electrons. The maximum Gasteiger partial charge on any atom is 0.251 e. The minimum Gasteiger partial charge on any atom is -0.395 e. The number of carbonyl (C=O) groups excluding carboxylic acids is 1. The van der Waals surface area contributed by atoms with Gasteiger partial charge in [-0.1, -0.05) is 6.92 Å². The number of carbonyl (C=O) groups is 1. The molecule has 2 rings (SSSR count). The van der Waals surface area contributed by atoms with Crippen molar-refractivity contribution in [2.24, 2.45) is 0 Å². The highest BCUT2D eigenvalue weighted by Crippen LogP contribution is 2.19. The van der Waals surface area contributed by atoms with Gasteiger partial charge < -0.3 is 15.3 Å². The number of thiazole rings is 1. The molecule has 1 aromatic heterocycles. The Morgan fingerprint density at radius 2 is 2.09 bits per heavy atom. The normalized spacial score (nSPS) is 12.0. The van der Waals surface area contributed by atoms with Crippen LogP contribution in [0.3, 0.4) is 0 Å². The van der Waals surface area contributed by atoms with E-state index in [-0.39, 0.29) is 18.4 Å². The zero-order valence-corrected chi connectivity index (χ0v) is 14.6. The minimum atomic E-state index is -0.0820. The third-order valence-electron chi connectivity index (χ3n) is 3.63. The molecule has 6 heteroatoms. The van der Waals surface area contributed by atoms with E-state index in [1.54, 1.807) is 23.5 Å². The van der Waals surface area contributed by atoms with Crippen LogP contribution in [0.4, 0.5) is 5.69 Å². The van der Waals surface area contributed by atoms with Crippen LogP contribution in [0.25, 0.3) is 0 Å². The van der Waals surface area contributed by atoms with Crippen LogP contribution in [0.15, 0.2) is 29.6 Å². The van der Waals surface area contributed by atoms with Gasteiger partial charge in [0.2, 0.25) is 0 Å². The lowest BCUT2D eigenvalue weighted by Gasteiger charge is -2.18. The number of benzene rings is 1. The van der Waals surface area contributed by atoms with Crippen LogP contribution in [0.1, 0.15) is 33.9 Å². The Kier molecular flexibility index (Phi) is 6.12. The summed E-state index contributed by atoms with van der Waals surface area (Å²) in [5.41, 5.74) is 2.63. The van der Waals surface area contributed by atoms with Crippen molar-refractivity contribution in [2.75, 3.05) is 31.6 Å². The second kappa shape index (κ2) is 8.08. The predicted octanol–water partition coefficient (Wildman–Crippen LogP) is 2.41. The van der Waals surface area contributed by atoms with E-state index < -0.39 is 0 Å². The fraction of sp³-hybridized carbons (Fsp3) is 0.412. The lowest BCUT2D eigenvalue weighted by atomic mass is 10.1. The second-order valence-electron chi connectivity index (χ2n) is 5.63. The third-order valence-corrected chi connectivity index (χ3v) is 4.83. The summed E-state index contributed by atoms with van der Waals surface area (Å²) in [6.45, 7) is 5.27. The summed E-state index contributed by atoms with van der Waals surface area (Å²) < 4.78 is 0. The summed E-state index contributed by atoms with van der Waals surface area (Å²) in [4.78, 5) is 18.6. The maximum absolute atomic E-state index is 12.2. The highest BCUT2D eigenvalue weighted by Gasteiger charge is 2.12. The van der Waals surface area contributed by atoms with Gasteiger partial charge in [-0.3, -0.25) is 4.79 Å². The van der Waals surface area contributed by atoms with Crippen molar-refractivity contribution >= 4 is 22.9 Å². The first-order valence-corrected chi connectivity index (χ1v) is 8.51. The van der Waals surface area contributed by atoms with Crippen molar-refractivity contribution in [3.8, 4) is 0 Å². The molecule has 1 atom stereocenters. The summed E-state index contributed by atoms with van der Waals surface area (Å²) in [6, 6.07) is 7.38. The fourth-order valence-corrected chi connectivity index (χ4v) is 3.04. The summed E-state index contributed by atoms with van der Waals surface area (Å²) in [7, 11) is 1.91. The van der Waals surface area contributed by atoms with Crippen LogP contribution in [0.2, 0.25) is 0 Å². The molecule has 0 saturated heterocycles. The lowest BCUT2D eigenvalue weighted by Crippen LogP contribution is -2.27. The lowest BCUT2D eigenvalue weighted by molar-refractivity contribution is 0.0951. The molecule has 124 valence electrons. The van der Waals surface area contributed by atoms with Crippen LogP contribution >= 0.6 is 11.3 Å². The quantitative estimate of drug-likeness (QED) is 0.817. The molecule has 0 aliphatic rings. The van der Waals surface area contributed by atoms with Gasteiger partial charge in [0, 0.05) is 48.4 Å². The molecule has 0 aliphatic carbocycles. The summed E-state index contributed by atoms with van der Waals surface area (Å²) in [5, 5.41) is 15.0. The Bertz CT molecular complexity index is 640. The Balaban J connectivity index is 1.90. The average molecular weight is 333 g/mol. The molecule has 0 saturated carbocycles. The van der Waals surface area contributed by atoms with Gasteiger partial charge in [0.05, 0.1) is 11.6 Å². The van der Waals surface area contributed by atoms with Gasteiger partial charge in [-0.2, -0.15) is 0 Å². The first kappa shape index (κ1) is 17.4. The van der Waals surface area contributed by atoms with Gasteiger partial charge in [-0.15, -0.1) is 11.3 Å². The molecule has 0 aliphatic heterocycles. The number of aromatic nitrogens is 1. The molecule has 2 N–H and O–H groups in total. The molecule has 1 heterocycles. The first-order valence-electron chi connectivity index (χ1n) is 7.63. The zero-order valence-electron chi connectivity index (χ0n) is 13.7. The summed E-state index contributed by atoms with van der Waals surface area (Å²) in [5.74, 6) is 0.120. The van der Waals surface area contributed by atoms with E-state index in [0.29, 0.717) is 18.7 Å². The molecule has 5 nitrogen and oxygen atoms in total. The van der Waals surface area contributed by atoms with Gasteiger partial charge in [0.1, 0.15) is 0 Å². The van der Waals surface area contributed by atoms with E-state index in [9.17, 15) is 4.79 Å². The van der Waals surface area contributed by atoms with Gasteiger partial charge in [0.15, 0.2) is 0 Å². The fourth-order valence-electron chi connectivity index (χ4n) is 2.18. The number of hydrogen-bond acceptors (Lipinski definition) is 5. The molecular weight excluding hydrogens is 310 g/mol. The number of hydrogen-bond donors (Lipinski definition) is 2. The Morgan fingerprint density at radius 1 is 1.39 bits per heavy atom. The van der Waals surface area contributed by atoms with Crippen molar-refractivity contribution in [1.82, 2.24) is 10.3 Å². The predicted molar refractivity (Wildman–Crippen MR) is 94.4 cm³/mol. The molecule has 23 heavy (non-hydrogen) atoms. The van der Waals surface area contributed by atoms with Crippen LogP contribution in [0, 0.1) is 6.92 Å². The van der Waals surface area contributed by atoms with Crippen LogP contribution in [-0.2, 0) is 0 Å². The zero-order chi connectivity index (χ0) is 16.8. The van der Waals surface area contributed by atoms with E-state index in [0.717, 1.165) is 16.4 Å². The molecule has 1 aromatic carbocycles. The number of likely N-dealkylation sites (N-methyl/N-ethyl adjacent to an activating group) is 1. The molecule has 2 aromatic rings. The van der Waals surface area contributed by atoms with Crippen LogP contribution < -0.4 is 10.2 Å². The van der Waals surface area contributed by atoms with Crippen molar-refractivity contribution in [3.05, 3.63) is 45.9 Å². The largest absolute Gasteiger partial charge is 0.395 e. The molecular formula is C17H23N3O2S. The summed E-state index contributed by atoms with van der Waals surface area (Å²) >= 11 is 1.63. The molecule has 0 unspecified atom stereocenters. The molecule has 0 spiro atoms. The van der Waals surface area contributed by atoms with Crippen molar-refractivity contribution in [1.29, 1.82) is 0 Å². The number of aliphatic hydroxyl groups is 1. The molecule has 0 bridgehead atoms. The van der Waals surface area contributed by atoms with Gasteiger partial charge in [0.25, 0.3) is 5.91 Å². The van der Waals surface area contributed by atoms with Crippen molar-refractivity contribution in [3.63, 3.8) is 0 Å². The summed E-state index contributed by atoms with van der Waals surface area (Å²) in [6.07, 6.45) is 0. The van der Waals surface area contributed by atoms with E-state index in [1.165, 1.54) is 0 Å². The molecule has 0 fully saturated rings. The number of rotatable bonds is 7. The Hall–Kier alpha value is -1.92. The van der Waals surface area contributed by atoms with E-state index in [1.807, 2.05) is 36.4 Å². The van der Waals surface area contributed by atoms with Crippen LogP contribution in [0.5, 0.6) is 0 Å². The van der Waals surface area contributed by atoms with Crippen molar-refractivity contribution < 1.29 is 9.90 Å². The Labute approximate surface area is 141 Å². The monoisotopic (exact) mass is 333 g/mol. The minimum absolute atomic E-state index is 0.0820. The maximum atomic E-state index is 12.2. The number of amides is 1. The van der Waals surface area contributed by atoms with Crippen molar-refractivity contribution in [2.45, 2.75) is 19.8 Å². The average Bonchev–Trinajstić information content (AvgIpc) is 2.99. The molecule has 1 amide bonds. The van der Waals surface area contributed by atoms with Gasteiger partial charge in [-0.25, -0.2) is 4.98 Å².